The first-order chi connectivity index (χ1) is 13.7. The van der Waals surface area contributed by atoms with Gasteiger partial charge in [0.1, 0.15) is 0 Å². The number of likely N-dealkylation sites (N-methyl/N-ethyl adjacent to an activating group) is 1. The lowest BCUT2D eigenvalue weighted by Gasteiger charge is -2.22. The molecule has 1 atom stereocenters. The second-order valence-corrected chi connectivity index (χ2v) is 8.08. The van der Waals surface area contributed by atoms with Crippen molar-refractivity contribution in [2.45, 2.75) is 38.4 Å². The number of aromatic nitrogens is 1. The molecule has 0 saturated heterocycles. The van der Waals surface area contributed by atoms with E-state index >= 15 is 0 Å². The molecule has 0 aliphatic carbocycles. The Morgan fingerprint density at radius 1 is 1.17 bits per heavy atom. The van der Waals surface area contributed by atoms with E-state index in [1.54, 1.807) is 7.05 Å². The van der Waals surface area contributed by atoms with Gasteiger partial charge in [0.15, 0.2) is 5.58 Å². The van der Waals surface area contributed by atoms with Gasteiger partial charge in [0.05, 0.1) is 11.7 Å². The van der Waals surface area contributed by atoms with Crippen LogP contribution in [0.1, 0.15) is 25.8 Å². The summed E-state index contributed by atoms with van der Waals surface area (Å²) in [6.07, 6.45) is 0.749. The van der Waals surface area contributed by atoms with Gasteiger partial charge < -0.3 is 20.8 Å². The number of oxazole rings is 1. The molecule has 0 bridgehead atoms. The van der Waals surface area contributed by atoms with Crippen LogP contribution in [0.2, 0.25) is 0 Å². The monoisotopic (exact) mass is 396 g/mol. The van der Waals surface area contributed by atoms with Gasteiger partial charge in [-0.15, -0.1) is 0 Å². The number of benzene rings is 2. The first-order valence-corrected chi connectivity index (χ1v) is 9.61. The SMILES string of the molecule is CN[C@H](Cc1ccc(-c2ccc3oc(=O)n(C)c3c2)cc1)NC(=O)CC(C)(C)N. The summed E-state index contributed by atoms with van der Waals surface area (Å²) in [6, 6.07) is 13.8. The summed E-state index contributed by atoms with van der Waals surface area (Å²) in [4.78, 5) is 23.8. The minimum atomic E-state index is -0.538. The number of nitrogens with two attached hydrogens (primary N) is 1. The Hall–Kier alpha value is -2.90. The van der Waals surface area contributed by atoms with E-state index < -0.39 is 5.54 Å². The van der Waals surface area contributed by atoms with Crippen molar-refractivity contribution in [3.63, 3.8) is 0 Å². The largest absolute Gasteiger partial charge is 0.419 e. The third-order valence-corrected chi connectivity index (χ3v) is 4.82. The second kappa shape index (κ2) is 8.23. The number of aryl methyl sites for hydroxylation is 1. The fraction of sp³-hybridized carbons (Fsp3) is 0.364. The molecular weight excluding hydrogens is 368 g/mol. The lowest BCUT2D eigenvalue weighted by atomic mass is 10.0. The number of hydrogen-bond acceptors (Lipinski definition) is 5. The fourth-order valence-corrected chi connectivity index (χ4v) is 3.26. The van der Waals surface area contributed by atoms with Crippen LogP contribution in [0.15, 0.2) is 51.7 Å². The van der Waals surface area contributed by atoms with E-state index in [2.05, 4.69) is 10.6 Å². The molecule has 154 valence electrons. The van der Waals surface area contributed by atoms with Crippen molar-refractivity contribution in [2.75, 3.05) is 7.05 Å². The number of hydrogen-bond donors (Lipinski definition) is 3. The zero-order chi connectivity index (χ0) is 21.2. The standard InChI is InChI=1S/C22H28N4O3/c1-22(2,23)13-20(27)25-19(24-3)11-14-5-7-15(8-6-14)16-9-10-18-17(12-16)26(4)21(28)29-18/h5-10,12,19,24H,11,13,23H2,1-4H3,(H,25,27)/t19-/m0/s1. The number of amides is 1. The van der Waals surface area contributed by atoms with E-state index in [1.165, 1.54) is 4.57 Å². The highest BCUT2D eigenvalue weighted by Gasteiger charge is 2.19. The summed E-state index contributed by atoms with van der Waals surface area (Å²) in [7, 11) is 3.51. The van der Waals surface area contributed by atoms with E-state index in [1.807, 2.05) is 63.4 Å². The number of carbonyl (C=O) groups is 1. The quantitative estimate of drug-likeness (QED) is 0.531. The van der Waals surface area contributed by atoms with Crippen molar-refractivity contribution in [3.8, 4) is 11.1 Å². The molecule has 7 heteroatoms. The molecule has 1 aromatic heterocycles. The topological polar surface area (TPSA) is 102 Å². The molecular formula is C22H28N4O3. The van der Waals surface area contributed by atoms with E-state index in [0.717, 1.165) is 22.2 Å². The number of nitrogens with one attached hydrogen (secondary N) is 2. The molecule has 3 aromatic rings. The summed E-state index contributed by atoms with van der Waals surface area (Å²) < 4.78 is 6.68. The average molecular weight is 396 g/mol. The Morgan fingerprint density at radius 2 is 1.83 bits per heavy atom. The Labute approximate surface area is 169 Å². The van der Waals surface area contributed by atoms with Crippen LogP contribution in [0.25, 0.3) is 22.2 Å². The van der Waals surface area contributed by atoms with Crippen LogP contribution in [0.4, 0.5) is 0 Å². The lowest BCUT2D eigenvalue weighted by molar-refractivity contribution is -0.122. The molecule has 7 nitrogen and oxygen atoms in total. The van der Waals surface area contributed by atoms with Crippen LogP contribution in [0.3, 0.4) is 0 Å². The minimum absolute atomic E-state index is 0.0764. The van der Waals surface area contributed by atoms with Crippen molar-refractivity contribution in [3.05, 3.63) is 58.6 Å². The number of fused-ring (bicyclic) bond motifs is 1. The zero-order valence-electron chi connectivity index (χ0n) is 17.3. The van der Waals surface area contributed by atoms with Crippen molar-refractivity contribution in [2.24, 2.45) is 12.8 Å². The first kappa shape index (κ1) is 20.8. The molecule has 0 aliphatic rings. The van der Waals surface area contributed by atoms with Gasteiger partial charge in [0.2, 0.25) is 5.91 Å². The third-order valence-electron chi connectivity index (χ3n) is 4.82. The van der Waals surface area contributed by atoms with E-state index in [-0.39, 0.29) is 24.2 Å². The predicted octanol–water partition coefficient (Wildman–Crippen LogP) is 2.13. The molecule has 29 heavy (non-hydrogen) atoms. The fourth-order valence-electron chi connectivity index (χ4n) is 3.26. The van der Waals surface area contributed by atoms with Crippen molar-refractivity contribution in [1.82, 2.24) is 15.2 Å². The van der Waals surface area contributed by atoms with Crippen LogP contribution in [0.5, 0.6) is 0 Å². The van der Waals surface area contributed by atoms with Gasteiger partial charge in [-0.2, -0.15) is 0 Å². The number of carbonyl (C=O) groups excluding carboxylic acids is 1. The van der Waals surface area contributed by atoms with Gasteiger partial charge in [0.25, 0.3) is 0 Å². The maximum atomic E-state index is 12.1. The number of rotatable bonds is 7. The van der Waals surface area contributed by atoms with Gasteiger partial charge in [-0.25, -0.2) is 4.79 Å². The van der Waals surface area contributed by atoms with Crippen LogP contribution >= 0.6 is 0 Å². The van der Waals surface area contributed by atoms with Crippen LogP contribution in [-0.2, 0) is 18.3 Å². The average Bonchev–Trinajstić information content (AvgIpc) is 2.94. The Balaban J connectivity index is 1.71. The summed E-state index contributed by atoms with van der Waals surface area (Å²) in [5, 5.41) is 6.10. The summed E-state index contributed by atoms with van der Waals surface area (Å²) in [5.74, 6) is -0.446. The van der Waals surface area contributed by atoms with Crippen molar-refractivity contribution < 1.29 is 9.21 Å². The molecule has 0 radical (unpaired) electrons. The van der Waals surface area contributed by atoms with Gasteiger partial charge >= 0.3 is 5.76 Å². The van der Waals surface area contributed by atoms with E-state index in [0.29, 0.717) is 12.0 Å². The number of nitrogens with zero attached hydrogens (tertiary/aromatic N) is 1. The molecule has 0 unspecified atom stereocenters. The Bertz CT molecular complexity index is 1060. The summed E-state index contributed by atoms with van der Waals surface area (Å²) >= 11 is 0. The zero-order valence-corrected chi connectivity index (χ0v) is 17.3. The van der Waals surface area contributed by atoms with Gasteiger partial charge in [-0.3, -0.25) is 9.36 Å². The molecule has 4 N–H and O–H groups in total. The van der Waals surface area contributed by atoms with Crippen LogP contribution in [0, 0.1) is 0 Å². The summed E-state index contributed by atoms with van der Waals surface area (Å²) in [6.45, 7) is 3.66. The van der Waals surface area contributed by atoms with Gasteiger partial charge in [0, 0.05) is 25.4 Å². The molecule has 0 spiro atoms. The Kier molecular flexibility index (Phi) is 5.91. The first-order valence-electron chi connectivity index (χ1n) is 9.61. The van der Waals surface area contributed by atoms with Crippen LogP contribution < -0.4 is 22.1 Å². The molecule has 1 amide bonds. The van der Waals surface area contributed by atoms with Crippen molar-refractivity contribution >= 4 is 17.0 Å². The Morgan fingerprint density at radius 3 is 2.45 bits per heavy atom. The molecule has 1 heterocycles. The predicted molar refractivity (Wildman–Crippen MR) is 114 cm³/mol. The van der Waals surface area contributed by atoms with Gasteiger partial charge in [-0.05, 0) is 49.7 Å². The minimum Gasteiger partial charge on any atom is -0.408 e. The van der Waals surface area contributed by atoms with Crippen molar-refractivity contribution in [1.29, 1.82) is 0 Å². The van der Waals surface area contributed by atoms with Crippen LogP contribution in [-0.4, -0.2) is 29.2 Å². The second-order valence-electron chi connectivity index (χ2n) is 8.08. The molecule has 3 rings (SSSR count). The highest BCUT2D eigenvalue weighted by Crippen LogP contribution is 2.24. The molecule has 2 aromatic carbocycles. The molecule has 0 aliphatic heterocycles. The van der Waals surface area contributed by atoms with E-state index in [9.17, 15) is 9.59 Å². The maximum absolute atomic E-state index is 12.1. The lowest BCUT2D eigenvalue weighted by Crippen LogP contribution is -2.48. The maximum Gasteiger partial charge on any atom is 0.419 e. The smallest absolute Gasteiger partial charge is 0.408 e. The summed E-state index contributed by atoms with van der Waals surface area (Å²) in [5.41, 5.74) is 9.86. The van der Waals surface area contributed by atoms with Gasteiger partial charge in [-0.1, -0.05) is 30.3 Å². The highest BCUT2D eigenvalue weighted by atomic mass is 16.4. The normalized spacial score (nSPS) is 12.9. The molecule has 0 saturated carbocycles. The highest BCUT2D eigenvalue weighted by molar-refractivity contribution is 5.80. The molecule has 0 fully saturated rings. The third kappa shape index (κ3) is 5.13. The van der Waals surface area contributed by atoms with E-state index in [4.69, 9.17) is 10.2 Å².